The van der Waals surface area contributed by atoms with Gasteiger partial charge in [-0.3, -0.25) is 0 Å². The largest absolute Gasteiger partial charge is 0.378 e. The molecule has 19 heavy (non-hydrogen) atoms. The number of hydrogen-bond acceptors (Lipinski definition) is 2. The molecule has 1 aromatic rings. The van der Waals surface area contributed by atoms with Crippen LogP contribution in [0.3, 0.4) is 0 Å². The van der Waals surface area contributed by atoms with Crippen molar-refractivity contribution in [3.05, 3.63) is 33.8 Å². The van der Waals surface area contributed by atoms with E-state index in [9.17, 15) is 0 Å². The Balaban J connectivity index is 2.17. The lowest BCUT2D eigenvalue weighted by molar-refractivity contribution is 0.0633. The molecule has 0 aliphatic carbocycles. The third-order valence-electron chi connectivity index (χ3n) is 4.10. The van der Waals surface area contributed by atoms with Crippen LogP contribution in [0.4, 0.5) is 0 Å². The minimum Gasteiger partial charge on any atom is -0.378 e. The summed E-state index contributed by atoms with van der Waals surface area (Å²) in [5.41, 5.74) is 1.39. The first kappa shape index (κ1) is 15.1. The Bertz CT molecular complexity index is 438. The number of ether oxygens (including phenoxy) is 1. The number of benzene rings is 1. The average molecular weight is 302 g/mol. The van der Waals surface area contributed by atoms with Gasteiger partial charge >= 0.3 is 0 Å². The second kappa shape index (κ2) is 6.45. The molecule has 0 radical (unpaired) electrons. The van der Waals surface area contributed by atoms with Gasteiger partial charge in [0.1, 0.15) is 0 Å². The van der Waals surface area contributed by atoms with Crippen LogP contribution in [-0.4, -0.2) is 25.8 Å². The monoisotopic (exact) mass is 301 g/mol. The molecule has 4 heteroatoms. The fourth-order valence-corrected chi connectivity index (χ4v) is 3.10. The highest BCUT2D eigenvalue weighted by molar-refractivity contribution is 6.42. The Kier molecular flexibility index (Phi) is 5.13. The lowest BCUT2D eigenvalue weighted by Gasteiger charge is -2.32. The van der Waals surface area contributed by atoms with Crippen molar-refractivity contribution in [3.8, 4) is 0 Å². The third kappa shape index (κ3) is 3.43. The highest BCUT2D eigenvalue weighted by atomic mass is 35.5. The highest BCUT2D eigenvalue weighted by Crippen LogP contribution is 2.38. The van der Waals surface area contributed by atoms with Crippen LogP contribution in [0.15, 0.2) is 18.2 Å². The summed E-state index contributed by atoms with van der Waals surface area (Å²) in [5, 5.41) is 4.71. The summed E-state index contributed by atoms with van der Waals surface area (Å²) in [5.74, 6) is 0. The topological polar surface area (TPSA) is 21.3 Å². The van der Waals surface area contributed by atoms with E-state index in [1.54, 1.807) is 0 Å². The minimum absolute atomic E-state index is 0.160. The molecule has 1 N–H and O–H groups in total. The predicted molar refractivity (Wildman–Crippen MR) is 81.2 cm³/mol. The molecule has 0 saturated carbocycles. The molecule has 0 spiro atoms. The van der Waals surface area contributed by atoms with Crippen molar-refractivity contribution in [1.29, 1.82) is 0 Å². The van der Waals surface area contributed by atoms with Gasteiger partial charge in [0, 0.05) is 18.6 Å². The Morgan fingerprint density at radius 2 is 2.16 bits per heavy atom. The molecule has 1 heterocycles. The van der Waals surface area contributed by atoms with Gasteiger partial charge in [-0.15, -0.1) is 0 Å². The molecule has 2 nitrogen and oxygen atoms in total. The molecular weight excluding hydrogens is 281 g/mol. The van der Waals surface area contributed by atoms with Gasteiger partial charge in [0.15, 0.2) is 0 Å². The molecule has 0 aromatic heterocycles. The van der Waals surface area contributed by atoms with Crippen LogP contribution in [0.1, 0.15) is 25.8 Å². The molecule has 1 saturated heterocycles. The molecule has 2 rings (SSSR count). The van der Waals surface area contributed by atoms with E-state index in [0.29, 0.717) is 10.0 Å². The van der Waals surface area contributed by atoms with Gasteiger partial charge in [0.05, 0.1) is 16.1 Å². The fourth-order valence-electron chi connectivity index (χ4n) is 2.78. The standard InChI is InChI=1S/C15H21Cl2NO/c1-3-18-10-15(6-7-19-11(15)2)9-12-4-5-13(16)14(17)8-12/h4-5,8,11,18H,3,6-7,9-10H2,1-2H3. The quantitative estimate of drug-likeness (QED) is 0.889. The van der Waals surface area contributed by atoms with Crippen LogP contribution >= 0.6 is 23.2 Å². The maximum atomic E-state index is 6.11. The Morgan fingerprint density at radius 3 is 2.74 bits per heavy atom. The summed E-state index contributed by atoms with van der Waals surface area (Å²) in [6.07, 6.45) is 2.32. The number of hydrogen-bond donors (Lipinski definition) is 1. The van der Waals surface area contributed by atoms with Crippen molar-refractivity contribution < 1.29 is 4.74 Å². The first-order valence-corrected chi connectivity index (χ1v) is 7.59. The Hall–Kier alpha value is -0.280. The molecule has 1 aliphatic rings. The molecular formula is C15H21Cl2NO. The zero-order valence-electron chi connectivity index (χ0n) is 11.5. The van der Waals surface area contributed by atoms with Gasteiger partial charge in [-0.05, 0) is 44.0 Å². The first-order chi connectivity index (χ1) is 9.07. The van der Waals surface area contributed by atoms with Gasteiger partial charge in [-0.1, -0.05) is 36.2 Å². The van der Waals surface area contributed by atoms with Crippen molar-refractivity contribution in [3.63, 3.8) is 0 Å². The lowest BCUT2D eigenvalue weighted by Crippen LogP contribution is -2.41. The lowest BCUT2D eigenvalue weighted by atomic mass is 9.76. The average Bonchev–Trinajstić information content (AvgIpc) is 2.73. The van der Waals surface area contributed by atoms with Crippen LogP contribution in [0.2, 0.25) is 10.0 Å². The van der Waals surface area contributed by atoms with Gasteiger partial charge in [0.2, 0.25) is 0 Å². The maximum Gasteiger partial charge on any atom is 0.0619 e. The third-order valence-corrected chi connectivity index (χ3v) is 4.84. The molecule has 1 fully saturated rings. The number of halogens is 2. The molecule has 0 bridgehead atoms. The number of rotatable bonds is 5. The summed E-state index contributed by atoms with van der Waals surface area (Å²) in [4.78, 5) is 0. The van der Waals surface area contributed by atoms with E-state index in [2.05, 4.69) is 25.2 Å². The van der Waals surface area contributed by atoms with E-state index in [1.165, 1.54) is 5.56 Å². The highest BCUT2D eigenvalue weighted by Gasteiger charge is 2.41. The summed E-state index contributed by atoms with van der Waals surface area (Å²) in [7, 11) is 0. The fraction of sp³-hybridized carbons (Fsp3) is 0.600. The first-order valence-electron chi connectivity index (χ1n) is 6.83. The van der Waals surface area contributed by atoms with Crippen molar-refractivity contribution in [2.75, 3.05) is 19.7 Å². The summed E-state index contributed by atoms with van der Waals surface area (Å²) < 4.78 is 5.79. The van der Waals surface area contributed by atoms with Crippen LogP contribution in [-0.2, 0) is 11.2 Å². The number of nitrogens with one attached hydrogen (secondary N) is 1. The Morgan fingerprint density at radius 1 is 1.37 bits per heavy atom. The minimum atomic E-state index is 0.160. The van der Waals surface area contributed by atoms with Gasteiger partial charge in [0.25, 0.3) is 0 Å². The van der Waals surface area contributed by atoms with Crippen molar-refractivity contribution in [1.82, 2.24) is 5.32 Å². The normalized spacial score (nSPS) is 26.8. The van der Waals surface area contributed by atoms with Crippen molar-refractivity contribution >= 4 is 23.2 Å². The van der Waals surface area contributed by atoms with E-state index < -0.39 is 0 Å². The molecule has 2 unspecified atom stereocenters. The summed E-state index contributed by atoms with van der Waals surface area (Å²) in [6.45, 7) is 7.10. The van der Waals surface area contributed by atoms with Crippen molar-refractivity contribution in [2.24, 2.45) is 5.41 Å². The van der Waals surface area contributed by atoms with E-state index in [-0.39, 0.29) is 11.5 Å². The maximum absolute atomic E-state index is 6.11. The van der Waals surface area contributed by atoms with E-state index in [4.69, 9.17) is 27.9 Å². The van der Waals surface area contributed by atoms with Crippen molar-refractivity contribution in [2.45, 2.75) is 32.8 Å². The predicted octanol–water partition coefficient (Wildman–Crippen LogP) is 3.94. The van der Waals surface area contributed by atoms with E-state index in [1.807, 2.05) is 12.1 Å². The van der Waals surface area contributed by atoms with Crippen LogP contribution in [0.25, 0.3) is 0 Å². The smallest absolute Gasteiger partial charge is 0.0619 e. The van der Waals surface area contributed by atoms with E-state index >= 15 is 0 Å². The molecule has 2 atom stereocenters. The molecule has 1 aromatic carbocycles. The van der Waals surface area contributed by atoms with Gasteiger partial charge < -0.3 is 10.1 Å². The van der Waals surface area contributed by atoms with Crippen LogP contribution in [0, 0.1) is 5.41 Å². The van der Waals surface area contributed by atoms with Crippen LogP contribution < -0.4 is 5.32 Å². The second-order valence-electron chi connectivity index (χ2n) is 5.33. The SMILES string of the molecule is CCNCC1(Cc2ccc(Cl)c(Cl)c2)CCOC1C. The van der Waals surface area contributed by atoms with E-state index in [0.717, 1.165) is 32.5 Å². The summed E-state index contributed by atoms with van der Waals surface area (Å²) in [6, 6.07) is 5.91. The van der Waals surface area contributed by atoms with Gasteiger partial charge in [-0.2, -0.15) is 0 Å². The summed E-state index contributed by atoms with van der Waals surface area (Å²) >= 11 is 12.1. The Labute approximate surface area is 125 Å². The van der Waals surface area contributed by atoms with Crippen LogP contribution in [0.5, 0.6) is 0 Å². The zero-order chi connectivity index (χ0) is 13.9. The molecule has 0 amide bonds. The van der Waals surface area contributed by atoms with Gasteiger partial charge in [-0.25, -0.2) is 0 Å². The second-order valence-corrected chi connectivity index (χ2v) is 6.15. The zero-order valence-corrected chi connectivity index (χ0v) is 13.0. The molecule has 1 aliphatic heterocycles. The molecule has 106 valence electrons.